The van der Waals surface area contributed by atoms with Crippen molar-refractivity contribution in [3.05, 3.63) is 12.7 Å². The number of rotatable bonds is 5. The van der Waals surface area contributed by atoms with Crippen molar-refractivity contribution in [2.45, 2.75) is 33.1 Å². The van der Waals surface area contributed by atoms with E-state index in [1.807, 2.05) is 6.08 Å². The Labute approximate surface area is 134 Å². The molecule has 0 aromatic rings. The van der Waals surface area contributed by atoms with Crippen LogP contribution in [0.25, 0.3) is 0 Å². The molecule has 126 valence electrons. The summed E-state index contributed by atoms with van der Waals surface area (Å²) in [5.41, 5.74) is 0.354. The first-order chi connectivity index (χ1) is 10.4. The van der Waals surface area contributed by atoms with Gasteiger partial charge in [0.2, 0.25) is 0 Å². The Bertz CT molecular complexity index is 530. The highest BCUT2D eigenvalue weighted by Crippen LogP contribution is 2.33. The summed E-state index contributed by atoms with van der Waals surface area (Å²) in [5, 5.41) is 3.33. The molecule has 0 aromatic carbocycles. The van der Waals surface area contributed by atoms with Crippen molar-refractivity contribution in [3.8, 4) is 0 Å². The van der Waals surface area contributed by atoms with Gasteiger partial charge in [-0.1, -0.05) is 19.9 Å². The molecule has 0 amide bonds. The highest BCUT2D eigenvalue weighted by Gasteiger charge is 2.34. The van der Waals surface area contributed by atoms with Gasteiger partial charge in [0.15, 0.2) is 15.8 Å². The molecule has 1 N–H and O–H groups in total. The highest BCUT2D eigenvalue weighted by atomic mass is 32.2. The van der Waals surface area contributed by atoms with Gasteiger partial charge in [0.05, 0.1) is 11.5 Å². The highest BCUT2D eigenvalue weighted by molar-refractivity contribution is 7.91. The Balaban J connectivity index is 2.00. The number of hydrogen-bond donors (Lipinski definition) is 1. The second-order valence-electron chi connectivity index (χ2n) is 6.94. The molecule has 2 aliphatic heterocycles. The Morgan fingerprint density at radius 1 is 1.55 bits per heavy atom. The number of nitrogens with zero attached hydrogens (tertiary/aromatic N) is 2. The molecule has 22 heavy (non-hydrogen) atoms. The zero-order valence-electron chi connectivity index (χ0n) is 13.8. The molecule has 0 aliphatic carbocycles. The molecule has 0 spiro atoms. The lowest BCUT2D eigenvalue weighted by Gasteiger charge is -2.25. The van der Waals surface area contributed by atoms with Gasteiger partial charge in [0, 0.05) is 26.2 Å². The SMILES string of the molecule is C=CCNC(=NCC1CCS(=O)(=O)C1)N1CCC(C)(CC)C1. The lowest BCUT2D eigenvalue weighted by atomic mass is 9.87. The Hall–Kier alpha value is -1.04. The summed E-state index contributed by atoms with van der Waals surface area (Å²) in [6, 6.07) is 0. The fourth-order valence-corrected chi connectivity index (χ4v) is 5.01. The lowest BCUT2D eigenvalue weighted by Crippen LogP contribution is -2.41. The van der Waals surface area contributed by atoms with E-state index in [1.54, 1.807) is 0 Å². The second-order valence-corrected chi connectivity index (χ2v) is 9.17. The van der Waals surface area contributed by atoms with Crippen molar-refractivity contribution in [3.63, 3.8) is 0 Å². The normalized spacial score (nSPS) is 31.5. The Morgan fingerprint density at radius 2 is 2.32 bits per heavy atom. The third-order valence-corrected chi connectivity index (χ3v) is 6.78. The quantitative estimate of drug-likeness (QED) is 0.474. The summed E-state index contributed by atoms with van der Waals surface area (Å²) >= 11 is 0. The van der Waals surface area contributed by atoms with Crippen LogP contribution in [-0.2, 0) is 9.84 Å². The summed E-state index contributed by atoms with van der Waals surface area (Å²) in [5.74, 6) is 1.69. The van der Waals surface area contributed by atoms with E-state index in [0.717, 1.165) is 25.5 Å². The van der Waals surface area contributed by atoms with Crippen LogP contribution in [0.2, 0.25) is 0 Å². The van der Waals surface area contributed by atoms with Crippen molar-refractivity contribution in [1.29, 1.82) is 0 Å². The predicted octanol–water partition coefficient (Wildman–Crippen LogP) is 1.67. The van der Waals surface area contributed by atoms with E-state index in [9.17, 15) is 8.42 Å². The molecule has 2 heterocycles. The van der Waals surface area contributed by atoms with Crippen LogP contribution in [0.1, 0.15) is 33.1 Å². The van der Waals surface area contributed by atoms with Gasteiger partial charge in [-0.05, 0) is 30.6 Å². The molecular weight excluding hydrogens is 298 g/mol. The van der Waals surface area contributed by atoms with Gasteiger partial charge < -0.3 is 10.2 Å². The van der Waals surface area contributed by atoms with Crippen molar-refractivity contribution < 1.29 is 8.42 Å². The smallest absolute Gasteiger partial charge is 0.194 e. The van der Waals surface area contributed by atoms with Crippen LogP contribution in [-0.4, -0.2) is 57.0 Å². The van der Waals surface area contributed by atoms with Crippen molar-refractivity contribution in [1.82, 2.24) is 10.2 Å². The van der Waals surface area contributed by atoms with Gasteiger partial charge in [0.25, 0.3) is 0 Å². The van der Waals surface area contributed by atoms with Crippen LogP contribution in [0.15, 0.2) is 17.6 Å². The van der Waals surface area contributed by atoms with E-state index in [4.69, 9.17) is 4.99 Å². The number of guanidine groups is 1. The number of likely N-dealkylation sites (tertiary alicyclic amines) is 1. The first-order valence-electron chi connectivity index (χ1n) is 8.22. The Kier molecular flexibility index (Phi) is 5.53. The fourth-order valence-electron chi connectivity index (χ4n) is 3.16. The first-order valence-corrected chi connectivity index (χ1v) is 10.0. The van der Waals surface area contributed by atoms with E-state index in [2.05, 4.69) is 30.6 Å². The predicted molar refractivity (Wildman–Crippen MR) is 91.9 cm³/mol. The maximum absolute atomic E-state index is 11.6. The molecule has 2 saturated heterocycles. The minimum absolute atomic E-state index is 0.172. The summed E-state index contributed by atoms with van der Waals surface area (Å²) in [6.45, 7) is 11.6. The third kappa shape index (κ3) is 4.48. The van der Waals surface area contributed by atoms with E-state index in [1.165, 1.54) is 12.8 Å². The maximum atomic E-state index is 11.6. The molecule has 5 nitrogen and oxygen atoms in total. The minimum atomic E-state index is -2.82. The van der Waals surface area contributed by atoms with Gasteiger partial charge in [-0.3, -0.25) is 4.99 Å². The summed E-state index contributed by atoms with van der Waals surface area (Å²) < 4.78 is 23.1. The van der Waals surface area contributed by atoms with Crippen LogP contribution < -0.4 is 5.32 Å². The topological polar surface area (TPSA) is 61.8 Å². The molecule has 2 atom stereocenters. The molecular formula is C16H29N3O2S. The molecule has 0 bridgehead atoms. The minimum Gasteiger partial charge on any atom is -0.353 e. The average molecular weight is 327 g/mol. The van der Waals surface area contributed by atoms with Crippen molar-refractivity contribution in [2.75, 3.05) is 37.7 Å². The van der Waals surface area contributed by atoms with Gasteiger partial charge in [0.1, 0.15) is 0 Å². The molecule has 0 saturated carbocycles. The molecule has 0 radical (unpaired) electrons. The molecule has 2 rings (SSSR count). The monoisotopic (exact) mass is 327 g/mol. The standard InChI is InChI=1S/C16H29N3O2S/c1-4-8-17-15(19-9-7-16(3,5-2)13-19)18-11-14-6-10-22(20,21)12-14/h4,14H,1,5-13H2,2-3H3,(H,17,18). The number of nitrogens with one attached hydrogen (secondary N) is 1. The maximum Gasteiger partial charge on any atom is 0.194 e. The third-order valence-electron chi connectivity index (χ3n) is 4.94. The zero-order valence-corrected chi connectivity index (χ0v) is 14.7. The van der Waals surface area contributed by atoms with Crippen LogP contribution in [0.3, 0.4) is 0 Å². The van der Waals surface area contributed by atoms with Crippen LogP contribution in [0, 0.1) is 11.3 Å². The van der Waals surface area contributed by atoms with Crippen molar-refractivity contribution in [2.24, 2.45) is 16.3 Å². The van der Waals surface area contributed by atoms with Crippen LogP contribution >= 0.6 is 0 Å². The van der Waals surface area contributed by atoms with Crippen LogP contribution in [0.5, 0.6) is 0 Å². The summed E-state index contributed by atoms with van der Waals surface area (Å²) in [4.78, 5) is 7.01. The fraction of sp³-hybridized carbons (Fsp3) is 0.812. The van der Waals surface area contributed by atoms with E-state index in [-0.39, 0.29) is 11.7 Å². The zero-order chi connectivity index (χ0) is 16.2. The van der Waals surface area contributed by atoms with Crippen LogP contribution in [0.4, 0.5) is 0 Å². The second kappa shape index (κ2) is 7.02. The van der Waals surface area contributed by atoms with Gasteiger partial charge in [-0.2, -0.15) is 0 Å². The van der Waals surface area contributed by atoms with Gasteiger partial charge in [-0.15, -0.1) is 6.58 Å². The molecule has 0 aromatic heterocycles. The van der Waals surface area contributed by atoms with Gasteiger partial charge >= 0.3 is 0 Å². The number of aliphatic imine (C=N–C) groups is 1. The van der Waals surface area contributed by atoms with E-state index in [0.29, 0.717) is 24.3 Å². The number of hydrogen-bond acceptors (Lipinski definition) is 3. The summed E-state index contributed by atoms with van der Waals surface area (Å²) in [7, 11) is -2.82. The molecule has 2 fully saturated rings. The first kappa shape index (κ1) is 17.3. The lowest BCUT2D eigenvalue weighted by molar-refractivity contribution is 0.322. The van der Waals surface area contributed by atoms with Crippen molar-refractivity contribution >= 4 is 15.8 Å². The van der Waals surface area contributed by atoms with Gasteiger partial charge in [-0.25, -0.2) is 8.42 Å². The number of sulfone groups is 1. The van der Waals surface area contributed by atoms with E-state index >= 15 is 0 Å². The Morgan fingerprint density at radius 3 is 2.86 bits per heavy atom. The molecule has 2 aliphatic rings. The largest absolute Gasteiger partial charge is 0.353 e. The summed E-state index contributed by atoms with van der Waals surface area (Å²) in [6.07, 6.45) is 4.91. The molecule has 2 unspecified atom stereocenters. The average Bonchev–Trinajstić information content (AvgIpc) is 3.03. The van der Waals surface area contributed by atoms with E-state index < -0.39 is 9.84 Å². The molecule has 6 heteroatoms.